The second-order valence-corrected chi connectivity index (χ2v) is 6.09. The number of nitrogens with zero attached hydrogens (tertiary/aromatic N) is 3. The zero-order chi connectivity index (χ0) is 18.0. The predicted molar refractivity (Wildman–Crippen MR) is 86.1 cm³/mol. The Kier molecular flexibility index (Phi) is 4.67. The van der Waals surface area contributed by atoms with Gasteiger partial charge in [0.2, 0.25) is 0 Å². The summed E-state index contributed by atoms with van der Waals surface area (Å²) >= 11 is 0. The van der Waals surface area contributed by atoms with Crippen molar-refractivity contribution in [3.63, 3.8) is 0 Å². The maximum Gasteiger partial charge on any atom is 0.317 e. The molecule has 2 amide bonds. The molecule has 0 spiro atoms. The van der Waals surface area contributed by atoms with Gasteiger partial charge in [0.05, 0.1) is 18.0 Å². The molecule has 134 valence electrons. The second-order valence-electron chi connectivity index (χ2n) is 6.09. The minimum Gasteiger partial charge on any atom is -0.373 e. The number of nitrogens with one attached hydrogen (secondary N) is 2. The Morgan fingerprint density at radius 2 is 2.36 bits per heavy atom. The molecule has 2 N–H and O–H groups in total. The molecule has 7 nitrogen and oxygen atoms in total. The average Bonchev–Trinajstić information content (AvgIpc) is 3.13. The molecule has 25 heavy (non-hydrogen) atoms. The van der Waals surface area contributed by atoms with Crippen LogP contribution in [0.1, 0.15) is 11.3 Å². The summed E-state index contributed by atoms with van der Waals surface area (Å²) in [5.74, 6) is -3.05. The molecule has 0 saturated carbocycles. The standard InChI is InChI=1S/C16H19F2N5O2/c1-10-5-13(22-21-10)12-6-19-4-3-11(12)7-23(2)15(24)20-14-8-25-9-16(14,17)18/h3-6,14H,7-9H2,1-2H3,(H,20,24)(H,21,22). The van der Waals surface area contributed by atoms with Crippen molar-refractivity contribution < 1.29 is 18.3 Å². The number of amides is 2. The van der Waals surface area contributed by atoms with Gasteiger partial charge < -0.3 is 15.0 Å². The average molecular weight is 351 g/mol. The van der Waals surface area contributed by atoms with E-state index in [4.69, 9.17) is 4.74 Å². The maximum absolute atomic E-state index is 13.6. The van der Waals surface area contributed by atoms with E-state index >= 15 is 0 Å². The van der Waals surface area contributed by atoms with Crippen molar-refractivity contribution in [2.24, 2.45) is 0 Å². The van der Waals surface area contributed by atoms with Crippen molar-refractivity contribution in [3.8, 4) is 11.3 Å². The molecule has 1 saturated heterocycles. The summed E-state index contributed by atoms with van der Waals surface area (Å²) in [5, 5.41) is 9.33. The lowest BCUT2D eigenvalue weighted by atomic mass is 10.1. The molecule has 1 atom stereocenters. The number of rotatable bonds is 4. The lowest BCUT2D eigenvalue weighted by Crippen LogP contribution is -2.50. The van der Waals surface area contributed by atoms with Crippen LogP contribution in [0.2, 0.25) is 0 Å². The number of urea groups is 1. The van der Waals surface area contributed by atoms with Crippen LogP contribution in [0.5, 0.6) is 0 Å². The third-order valence-electron chi connectivity index (χ3n) is 4.05. The number of hydrogen-bond donors (Lipinski definition) is 2. The molecule has 3 heterocycles. The van der Waals surface area contributed by atoms with Crippen molar-refractivity contribution in [1.29, 1.82) is 0 Å². The van der Waals surface area contributed by atoms with Crippen LogP contribution < -0.4 is 5.32 Å². The van der Waals surface area contributed by atoms with Crippen LogP contribution in [0.4, 0.5) is 13.6 Å². The van der Waals surface area contributed by atoms with E-state index in [1.807, 2.05) is 13.0 Å². The Labute approximate surface area is 143 Å². The molecule has 1 aliphatic heterocycles. The number of H-pyrrole nitrogens is 1. The summed E-state index contributed by atoms with van der Waals surface area (Å²) in [4.78, 5) is 17.7. The van der Waals surface area contributed by atoms with E-state index in [0.29, 0.717) is 0 Å². The van der Waals surface area contributed by atoms with Gasteiger partial charge in [-0.25, -0.2) is 13.6 Å². The molecule has 0 aliphatic carbocycles. The molecule has 0 bridgehead atoms. The van der Waals surface area contributed by atoms with Gasteiger partial charge in [-0.05, 0) is 24.6 Å². The Hall–Kier alpha value is -2.55. The van der Waals surface area contributed by atoms with Crippen molar-refractivity contribution in [1.82, 2.24) is 25.4 Å². The van der Waals surface area contributed by atoms with E-state index in [9.17, 15) is 13.6 Å². The zero-order valence-corrected chi connectivity index (χ0v) is 13.9. The van der Waals surface area contributed by atoms with Gasteiger partial charge in [0.25, 0.3) is 5.92 Å². The number of aryl methyl sites for hydroxylation is 1. The highest BCUT2D eigenvalue weighted by Crippen LogP contribution is 2.26. The SMILES string of the molecule is Cc1cc(-c2cnccc2CN(C)C(=O)NC2COCC2(F)F)[nH]n1. The van der Waals surface area contributed by atoms with Crippen LogP contribution in [0.3, 0.4) is 0 Å². The Morgan fingerprint density at radius 3 is 3.00 bits per heavy atom. The first-order valence-electron chi connectivity index (χ1n) is 7.79. The molecular formula is C16H19F2N5O2. The summed E-state index contributed by atoms with van der Waals surface area (Å²) in [6.07, 6.45) is 3.29. The van der Waals surface area contributed by atoms with Crippen LogP contribution in [0.25, 0.3) is 11.3 Å². The molecule has 9 heteroatoms. The molecule has 3 rings (SSSR count). The summed E-state index contributed by atoms with van der Waals surface area (Å²) in [6.45, 7) is 1.23. The van der Waals surface area contributed by atoms with E-state index < -0.39 is 24.6 Å². The van der Waals surface area contributed by atoms with Gasteiger partial charge in [-0.3, -0.25) is 10.1 Å². The van der Waals surface area contributed by atoms with E-state index in [2.05, 4.69) is 20.5 Å². The van der Waals surface area contributed by atoms with E-state index in [0.717, 1.165) is 22.5 Å². The summed E-state index contributed by atoms with van der Waals surface area (Å²) in [6, 6.07) is 1.76. The topological polar surface area (TPSA) is 83.1 Å². The Balaban J connectivity index is 1.71. The smallest absolute Gasteiger partial charge is 0.317 e. The minimum atomic E-state index is -3.05. The fourth-order valence-corrected chi connectivity index (χ4v) is 2.63. The van der Waals surface area contributed by atoms with Crippen molar-refractivity contribution in [2.75, 3.05) is 20.3 Å². The largest absolute Gasteiger partial charge is 0.373 e. The number of hydrogen-bond acceptors (Lipinski definition) is 4. The summed E-state index contributed by atoms with van der Waals surface area (Å²) < 4.78 is 31.9. The van der Waals surface area contributed by atoms with Crippen LogP contribution in [0, 0.1) is 6.92 Å². The van der Waals surface area contributed by atoms with Gasteiger partial charge in [-0.15, -0.1) is 0 Å². The number of pyridine rings is 1. The first-order chi connectivity index (χ1) is 11.9. The molecule has 1 unspecified atom stereocenters. The number of carbonyl (C=O) groups excluding carboxylic acids is 1. The second kappa shape index (κ2) is 6.75. The van der Waals surface area contributed by atoms with Gasteiger partial charge >= 0.3 is 6.03 Å². The van der Waals surface area contributed by atoms with Gasteiger partial charge in [0.1, 0.15) is 12.6 Å². The Morgan fingerprint density at radius 1 is 1.56 bits per heavy atom. The lowest BCUT2D eigenvalue weighted by Gasteiger charge is -2.24. The number of carbonyl (C=O) groups is 1. The third-order valence-corrected chi connectivity index (χ3v) is 4.05. The van der Waals surface area contributed by atoms with E-state index in [1.165, 1.54) is 4.90 Å². The highest BCUT2D eigenvalue weighted by atomic mass is 19.3. The molecule has 0 aromatic carbocycles. The van der Waals surface area contributed by atoms with Crippen LogP contribution in [-0.2, 0) is 11.3 Å². The third kappa shape index (κ3) is 3.76. The fourth-order valence-electron chi connectivity index (χ4n) is 2.63. The van der Waals surface area contributed by atoms with E-state index in [-0.39, 0.29) is 13.2 Å². The maximum atomic E-state index is 13.6. The predicted octanol–water partition coefficient (Wildman–Crippen LogP) is 1.96. The molecule has 1 fully saturated rings. The Bertz CT molecular complexity index is 764. The zero-order valence-electron chi connectivity index (χ0n) is 13.9. The van der Waals surface area contributed by atoms with Gasteiger partial charge in [-0.2, -0.15) is 5.10 Å². The summed E-state index contributed by atoms with van der Waals surface area (Å²) in [5.41, 5.74) is 3.24. The molecule has 2 aromatic rings. The minimum absolute atomic E-state index is 0.194. The van der Waals surface area contributed by atoms with Crippen molar-refractivity contribution in [3.05, 3.63) is 35.8 Å². The quantitative estimate of drug-likeness (QED) is 0.882. The van der Waals surface area contributed by atoms with Crippen molar-refractivity contribution in [2.45, 2.75) is 25.4 Å². The number of halogens is 2. The van der Waals surface area contributed by atoms with Crippen LogP contribution in [-0.4, -0.2) is 58.3 Å². The molecule has 2 aromatic heterocycles. The molecule has 0 radical (unpaired) electrons. The number of ether oxygens (including phenoxy) is 1. The summed E-state index contributed by atoms with van der Waals surface area (Å²) in [7, 11) is 1.55. The first-order valence-corrected chi connectivity index (χ1v) is 7.79. The van der Waals surface area contributed by atoms with Gasteiger partial charge in [0.15, 0.2) is 0 Å². The van der Waals surface area contributed by atoms with Gasteiger partial charge in [0, 0.05) is 31.5 Å². The number of aromatic nitrogens is 3. The normalized spacial score (nSPS) is 19.0. The van der Waals surface area contributed by atoms with Gasteiger partial charge in [-0.1, -0.05) is 0 Å². The highest BCUT2D eigenvalue weighted by molar-refractivity contribution is 5.75. The van der Waals surface area contributed by atoms with E-state index in [1.54, 1.807) is 25.5 Å². The highest BCUT2D eigenvalue weighted by Gasteiger charge is 2.46. The van der Waals surface area contributed by atoms with Crippen LogP contribution >= 0.6 is 0 Å². The lowest BCUT2D eigenvalue weighted by molar-refractivity contribution is -0.0222. The number of aromatic amines is 1. The fraction of sp³-hybridized carbons (Fsp3) is 0.438. The first kappa shape index (κ1) is 17.3. The molecule has 1 aliphatic rings. The monoisotopic (exact) mass is 351 g/mol. The van der Waals surface area contributed by atoms with Crippen LogP contribution in [0.15, 0.2) is 24.5 Å². The number of alkyl halides is 2. The molecular weight excluding hydrogens is 332 g/mol. The van der Waals surface area contributed by atoms with Crippen molar-refractivity contribution >= 4 is 6.03 Å².